The molecule has 1 aromatic carbocycles. The Labute approximate surface area is 131 Å². The van der Waals surface area contributed by atoms with Crippen molar-refractivity contribution >= 4 is 27.4 Å². The molecule has 0 fully saturated rings. The first-order chi connectivity index (χ1) is 9.00. The molecule has 0 amide bonds. The molecule has 0 aromatic heterocycles. The lowest BCUT2D eigenvalue weighted by atomic mass is 9.86. The molecule has 0 saturated carbocycles. The quantitative estimate of drug-likeness (QED) is 0.490. The van der Waals surface area contributed by atoms with Crippen LogP contribution in [0.5, 0.6) is 0 Å². The summed E-state index contributed by atoms with van der Waals surface area (Å²) in [6.45, 7) is 14.8. The molecular weight excluding hydrogens is 284 g/mol. The van der Waals surface area contributed by atoms with Gasteiger partial charge in [0.05, 0.1) is 0 Å². The van der Waals surface area contributed by atoms with E-state index in [4.69, 9.17) is 0 Å². The van der Waals surface area contributed by atoms with Gasteiger partial charge in [-0.1, -0.05) is 87.4 Å². The maximum Gasteiger partial charge on any atom is 0.168 e. The van der Waals surface area contributed by atoms with Crippen LogP contribution in [0.2, 0.25) is 0 Å². The monoisotopic (exact) mass is 310 g/mol. The third kappa shape index (κ3) is 5.53. The number of rotatable bonds is 4. The maximum absolute atomic E-state index is 12.2. The van der Waals surface area contributed by atoms with Gasteiger partial charge in [-0.05, 0) is 12.5 Å². The highest BCUT2D eigenvalue weighted by atomic mass is 33.1. The highest BCUT2D eigenvalue weighted by Crippen LogP contribution is 2.44. The zero-order valence-electron chi connectivity index (χ0n) is 13.6. The minimum atomic E-state index is -0.316. The summed E-state index contributed by atoms with van der Waals surface area (Å²) in [5, 5.41) is 0.429. The molecule has 0 aliphatic heterocycles. The molecule has 1 rings (SSSR count). The molecule has 1 unspecified atom stereocenters. The van der Waals surface area contributed by atoms with Crippen molar-refractivity contribution in [3.63, 3.8) is 0 Å². The Hall–Kier alpha value is -0.410. The highest BCUT2D eigenvalue weighted by Gasteiger charge is 2.23. The third-order valence-electron chi connectivity index (χ3n) is 2.77. The number of ketones is 1. The van der Waals surface area contributed by atoms with Gasteiger partial charge in [0.1, 0.15) is 0 Å². The smallest absolute Gasteiger partial charge is 0.168 e. The van der Waals surface area contributed by atoms with Crippen LogP contribution in [0.15, 0.2) is 24.3 Å². The van der Waals surface area contributed by atoms with E-state index in [0.717, 1.165) is 5.56 Å². The Morgan fingerprint density at radius 2 is 1.50 bits per heavy atom. The first kappa shape index (κ1) is 17.6. The Kier molecular flexibility index (Phi) is 5.79. The number of Topliss-reactive ketones (excluding diaryl/α,β-unsaturated/α-hetero) is 1. The normalized spacial score (nSPS) is 14.2. The molecule has 112 valence electrons. The van der Waals surface area contributed by atoms with Gasteiger partial charge in [-0.15, -0.1) is 0 Å². The number of carbonyl (C=O) groups is 1. The van der Waals surface area contributed by atoms with E-state index in [2.05, 4.69) is 39.8 Å². The van der Waals surface area contributed by atoms with Gasteiger partial charge < -0.3 is 0 Å². The van der Waals surface area contributed by atoms with Crippen LogP contribution in [0.1, 0.15) is 69.6 Å². The van der Waals surface area contributed by atoms with E-state index in [-0.39, 0.29) is 15.9 Å². The summed E-state index contributed by atoms with van der Waals surface area (Å²) in [7, 11) is 3.79. The average Bonchev–Trinajstić information content (AvgIpc) is 2.33. The number of carbonyl (C=O) groups excluding carboxylic acids is 1. The Morgan fingerprint density at radius 3 is 1.90 bits per heavy atom. The average molecular weight is 311 g/mol. The largest absolute Gasteiger partial charge is 0.294 e. The predicted molar refractivity (Wildman–Crippen MR) is 93.6 cm³/mol. The fourth-order valence-corrected chi connectivity index (χ4v) is 3.94. The van der Waals surface area contributed by atoms with Crippen molar-refractivity contribution in [3.8, 4) is 0 Å². The summed E-state index contributed by atoms with van der Waals surface area (Å²) in [6.07, 6.45) is 0. The lowest BCUT2D eigenvalue weighted by Gasteiger charge is -2.20. The molecular formula is C17H26OS2. The van der Waals surface area contributed by atoms with E-state index >= 15 is 0 Å². The van der Waals surface area contributed by atoms with Crippen LogP contribution < -0.4 is 0 Å². The second-order valence-electron chi connectivity index (χ2n) is 7.14. The van der Waals surface area contributed by atoms with Crippen molar-refractivity contribution in [2.75, 3.05) is 0 Å². The van der Waals surface area contributed by atoms with Crippen LogP contribution in [-0.2, 0) is 0 Å². The zero-order valence-corrected chi connectivity index (χ0v) is 15.2. The van der Waals surface area contributed by atoms with Gasteiger partial charge in [-0.25, -0.2) is 0 Å². The molecule has 0 N–H and O–H groups in total. The van der Waals surface area contributed by atoms with E-state index < -0.39 is 0 Å². The third-order valence-corrected chi connectivity index (χ3v) is 6.58. The summed E-state index contributed by atoms with van der Waals surface area (Å²) in [5.41, 5.74) is 1.77. The first-order valence-electron chi connectivity index (χ1n) is 7.00. The summed E-state index contributed by atoms with van der Waals surface area (Å²) in [6, 6.07) is 8.09. The number of hydrogen-bond donors (Lipinski definition) is 0. The van der Waals surface area contributed by atoms with Crippen molar-refractivity contribution in [1.29, 1.82) is 0 Å². The molecule has 20 heavy (non-hydrogen) atoms. The second kappa shape index (κ2) is 6.57. The van der Waals surface area contributed by atoms with Gasteiger partial charge in [0.25, 0.3) is 0 Å². The Balaban J connectivity index is 2.74. The molecule has 1 atom stereocenters. The van der Waals surface area contributed by atoms with Crippen molar-refractivity contribution in [1.82, 2.24) is 0 Å². The lowest BCUT2D eigenvalue weighted by Crippen LogP contribution is -2.20. The number of hydrogen-bond acceptors (Lipinski definition) is 3. The molecule has 0 aliphatic rings. The summed E-state index contributed by atoms with van der Waals surface area (Å²) >= 11 is 0. The van der Waals surface area contributed by atoms with Gasteiger partial charge in [0.2, 0.25) is 0 Å². The van der Waals surface area contributed by atoms with Crippen LogP contribution in [0.4, 0.5) is 0 Å². The van der Waals surface area contributed by atoms with E-state index in [9.17, 15) is 4.79 Å². The topological polar surface area (TPSA) is 17.1 Å². The van der Waals surface area contributed by atoms with E-state index in [1.165, 1.54) is 5.56 Å². The van der Waals surface area contributed by atoms with Crippen LogP contribution >= 0.6 is 21.6 Å². The fourth-order valence-electron chi connectivity index (χ4n) is 1.61. The Morgan fingerprint density at radius 1 is 1.00 bits per heavy atom. The zero-order chi connectivity index (χ0) is 15.6. The summed E-state index contributed by atoms with van der Waals surface area (Å²) in [5.74, 6) is 0.202. The van der Waals surface area contributed by atoms with Crippen molar-refractivity contribution < 1.29 is 4.79 Å². The SMILES string of the molecule is CC(SSC(C)(C)C)c1ccc(C(=O)C(C)(C)C)cc1. The summed E-state index contributed by atoms with van der Waals surface area (Å²) in [4.78, 5) is 12.2. The van der Waals surface area contributed by atoms with E-state index in [1.54, 1.807) is 0 Å². The van der Waals surface area contributed by atoms with Crippen molar-refractivity contribution in [3.05, 3.63) is 35.4 Å². The Bertz CT molecular complexity index is 449. The molecule has 0 spiro atoms. The molecule has 0 radical (unpaired) electrons. The predicted octanol–water partition coefficient (Wildman–Crippen LogP) is 6.16. The van der Waals surface area contributed by atoms with Crippen LogP contribution in [-0.4, -0.2) is 10.5 Å². The molecule has 0 saturated heterocycles. The van der Waals surface area contributed by atoms with Crippen LogP contribution in [0.3, 0.4) is 0 Å². The number of benzene rings is 1. The van der Waals surface area contributed by atoms with E-state index in [0.29, 0.717) is 5.25 Å². The van der Waals surface area contributed by atoms with Gasteiger partial charge in [-0.2, -0.15) is 0 Å². The molecule has 3 heteroatoms. The lowest BCUT2D eigenvalue weighted by molar-refractivity contribution is 0.0858. The van der Waals surface area contributed by atoms with Gasteiger partial charge in [-0.3, -0.25) is 4.79 Å². The molecule has 0 bridgehead atoms. The van der Waals surface area contributed by atoms with Crippen LogP contribution in [0, 0.1) is 5.41 Å². The maximum atomic E-state index is 12.2. The molecule has 1 aromatic rings. The highest BCUT2D eigenvalue weighted by molar-refractivity contribution is 8.77. The molecule has 1 nitrogen and oxygen atoms in total. The van der Waals surface area contributed by atoms with Crippen molar-refractivity contribution in [2.45, 2.75) is 58.5 Å². The second-order valence-corrected chi connectivity index (χ2v) is 10.5. The summed E-state index contributed by atoms with van der Waals surface area (Å²) < 4.78 is 0.265. The minimum Gasteiger partial charge on any atom is -0.294 e. The van der Waals surface area contributed by atoms with Gasteiger partial charge >= 0.3 is 0 Å². The van der Waals surface area contributed by atoms with E-state index in [1.807, 2.05) is 54.5 Å². The van der Waals surface area contributed by atoms with Crippen molar-refractivity contribution in [2.24, 2.45) is 5.41 Å². The first-order valence-corrected chi connectivity index (χ1v) is 9.21. The van der Waals surface area contributed by atoms with Crippen LogP contribution in [0.25, 0.3) is 0 Å². The minimum absolute atomic E-state index is 0.202. The molecule has 0 aliphatic carbocycles. The standard InChI is InChI=1S/C17H26OS2/c1-12(19-20-17(5,6)7)13-8-10-14(11-9-13)15(18)16(2,3)4/h8-12H,1-7H3. The fraction of sp³-hybridized carbons (Fsp3) is 0.588. The molecule has 0 heterocycles. The van der Waals surface area contributed by atoms with Gasteiger partial charge in [0.15, 0.2) is 5.78 Å². The van der Waals surface area contributed by atoms with Gasteiger partial charge in [0, 0.05) is 21.0 Å².